The molecule has 5 heterocycles. The normalized spacial score (nSPS) is 12.0. The first-order chi connectivity index (χ1) is 25.3. The van der Waals surface area contributed by atoms with E-state index >= 15 is 0 Å². The Hall–Kier alpha value is -4.81. The van der Waals surface area contributed by atoms with Gasteiger partial charge >= 0.3 is 231 Å². The zero-order valence-corrected chi connectivity index (χ0v) is 35.0. The second kappa shape index (κ2) is 13.9. The van der Waals surface area contributed by atoms with E-state index in [4.69, 9.17) is 9.40 Å². The number of pyridine rings is 2. The molecule has 0 unspecified atom stereocenters. The van der Waals surface area contributed by atoms with Gasteiger partial charge in [-0.05, 0) is 11.8 Å². The van der Waals surface area contributed by atoms with Crippen LogP contribution in [-0.4, -0.2) is 27.6 Å². The van der Waals surface area contributed by atoms with Crippen molar-refractivity contribution in [1.29, 1.82) is 0 Å². The standard InChI is InChI=1S/C36H31GeN2O.C11H8N.Ir/c1-21(2)17-22-18-30(38-20-29(22)37(3,4)5)28-19-27-25-14-10-13-24-23-11-6-8-15-31(23)39(34(24)25)35(27)33-26-12-7-9-16-32(26)40-36(28)33;1-2-6-10(7-3-1)11-8-4-5-9-12-11;/h6-16,18,20-21H,17H2,1-5H3;1-6,8-9H;/q2*-1;. The number of nitrogens with zero attached hydrogens (tertiary/aromatic N) is 3. The molecule has 0 fully saturated rings. The van der Waals surface area contributed by atoms with Gasteiger partial charge in [0.25, 0.3) is 0 Å². The summed E-state index contributed by atoms with van der Waals surface area (Å²) in [5, 5.41) is 7.18. The van der Waals surface area contributed by atoms with Crippen molar-refractivity contribution in [3.63, 3.8) is 0 Å². The summed E-state index contributed by atoms with van der Waals surface area (Å²) in [5.74, 6) is 7.95. The first-order valence-electron chi connectivity index (χ1n) is 18.1. The van der Waals surface area contributed by atoms with Crippen LogP contribution in [0.15, 0.2) is 132 Å². The van der Waals surface area contributed by atoms with Crippen LogP contribution in [0.4, 0.5) is 0 Å². The van der Waals surface area contributed by atoms with Crippen molar-refractivity contribution < 1.29 is 24.5 Å². The average molecular weight is 927 g/mol. The van der Waals surface area contributed by atoms with Crippen LogP contribution in [0.5, 0.6) is 0 Å². The van der Waals surface area contributed by atoms with Gasteiger partial charge in [-0.2, -0.15) is 0 Å². The molecule has 1 radical (unpaired) electrons. The van der Waals surface area contributed by atoms with E-state index < -0.39 is 13.3 Å². The molecule has 0 aliphatic rings. The minimum absolute atomic E-state index is 0. The molecule has 5 aromatic carbocycles. The van der Waals surface area contributed by atoms with Gasteiger partial charge in [0.1, 0.15) is 0 Å². The van der Waals surface area contributed by atoms with Crippen LogP contribution in [0.25, 0.3) is 82.5 Å². The van der Waals surface area contributed by atoms with E-state index in [0.29, 0.717) is 5.92 Å². The molecule has 4 nitrogen and oxygen atoms in total. The largest absolute Gasteiger partial charge is 0.305 e. The van der Waals surface area contributed by atoms with Gasteiger partial charge in [-0.25, -0.2) is 0 Å². The molecule has 263 valence electrons. The van der Waals surface area contributed by atoms with Crippen LogP contribution >= 0.6 is 0 Å². The van der Waals surface area contributed by atoms with Crippen molar-refractivity contribution in [3.05, 3.63) is 145 Å². The Kier molecular flexibility index (Phi) is 9.22. The van der Waals surface area contributed by atoms with Crippen LogP contribution in [0.3, 0.4) is 0 Å². The molecule has 0 N–H and O–H groups in total. The first-order valence-corrected chi connectivity index (χ1v) is 25.4. The van der Waals surface area contributed by atoms with Gasteiger partial charge in [-0.3, -0.25) is 0 Å². The van der Waals surface area contributed by atoms with Crippen molar-refractivity contribution >= 4 is 77.7 Å². The third kappa shape index (κ3) is 6.05. The summed E-state index contributed by atoms with van der Waals surface area (Å²) in [7, 11) is 0. The predicted octanol–water partition coefficient (Wildman–Crippen LogP) is 11.9. The molecule has 10 rings (SSSR count). The third-order valence-electron chi connectivity index (χ3n) is 10.1. The van der Waals surface area contributed by atoms with E-state index in [-0.39, 0.29) is 20.1 Å². The molecule has 0 aliphatic heterocycles. The molecule has 53 heavy (non-hydrogen) atoms. The van der Waals surface area contributed by atoms with E-state index in [9.17, 15) is 0 Å². The van der Waals surface area contributed by atoms with Crippen molar-refractivity contribution in [2.24, 2.45) is 5.92 Å². The first kappa shape index (κ1) is 35.2. The number of fused-ring (bicyclic) bond motifs is 10. The molecule has 0 saturated heterocycles. The maximum Gasteiger partial charge on any atom is 0.0160 e. The Morgan fingerprint density at radius 1 is 0.736 bits per heavy atom. The number of rotatable bonds is 5. The Bertz CT molecular complexity index is 2850. The van der Waals surface area contributed by atoms with Crippen LogP contribution in [0, 0.1) is 18.1 Å². The van der Waals surface area contributed by atoms with Gasteiger partial charge in [0.15, 0.2) is 0 Å². The fraction of sp³-hybridized carbons (Fsp3) is 0.149. The maximum atomic E-state index is 6.69. The molecular weight excluding hydrogens is 887 g/mol. The fourth-order valence-corrected chi connectivity index (χ4v) is 11.2. The Labute approximate surface area is 325 Å². The van der Waals surface area contributed by atoms with E-state index in [1.807, 2.05) is 42.5 Å². The Balaban J connectivity index is 0.000000262. The monoisotopic (exact) mass is 928 g/mol. The number of hydrogen-bond acceptors (Lipinski definition) is 3. The summed E-state index contributed by atoms with van der Waals surface area (Å²) >= 11 is -2.11. The second-order valence-corrected chi connectivity index (χ2v) is 25.7. The van der Waals surface area contributed by atoms with Crippen molar-refractivity contribution in [2.75, 3.05) is 0 Å². The van der Waals surface area contributed by atoms with Gasteiger partial charge in [0, 0.05) is 26.3 Å². The van der Waals surface area contributed by atoms with Crippen LogP contribution in [0.1, 0.15) is 19.4 Å². The molecule has 0 bridgehead atoms. The third-order valence-corrected chi connectivity index (χ3v) is 14.4. The van der Waals surface area contributed by atoms with E-state index in [0.717, 1.165) is 56.3 Å². The van der Waals surface area contributed by atoms with Crippen LogP contribution in [-0.2, 0) is 26.5 Å². The SMILES string of the molecule is CC(C)Cc1cc(-c2[c-]c3c4cccc5c6ccccc6n(c45)c3c3c2oc2ccccc23)nc[c]1[Ge]([CH3])([CH3])[CH3].[Ir].[c-]1ccccc1-c1ccccn1. The van der Waals surface area contributed by atoms with Crippen molar-refractivity contribution in [1.82, 2.24) is 14.4 Å². The molecular formula is C47H39GeIrN3O-2. The summed E-state index contributed by atoms with van der Waals surface area (Å²) in [5.41, 5.74) is 10.8. The summed E-state index contributed by atoms with van der Waals surface area (Å²) < 4.78 is 10.6. The Morgan fingerprint density at radius 3 is 2.23 bits per heavy atom. The predicted molar refractivity (Wildman–Crippen MR) is 220 cm³/mol. The summed E-state index contributed by atoms with van der Waals surface area (Å²) in [6, 6.07) is 46.8. The topological polar surface area (TPSA) is 43.3 Å². The summed E-state index contributed by atoms with van der Waals surface area (Å²) in [4.78, 5) is 9.33. The van der Waals surface area contributed by atoms with E-state index in [1.165, 1.54) is 42.7 Å². The molecule has 0 amide bonds. The molecule has 0 aliphatic carbocycles. The fourth-order valence-electron chi connectivity index (χ4n) is 7.87. The number of hydrogen-bond donors (Lipinski definition) is 0. The summed E-state index contributed by atoms with van der Waals surface area (Å²) in [6.45, 7) is 4.61. The second-order valence-electron chi connectivity index (χ2n) is 15.1. The number of benzene rings is 5. The van der Waals surface area contributed by atoms with Gasteiger partial charge in [-0.15, -0.1) is 35.9 Å². The maximum absolute atomic E-state index is 6.69. The molecule has 0 spiro atoms. The molecule has 0 atom stereocenters. The van der Waals surface area contributed by atoms with Crippen molar-refractivity contribution in [3.8, 4) is 22.5 Å². The van der Waals surface area contributed by atoms with E-state index in [2.05, 4.69) is 132 Å². The minimum Gasteiger partial charge on any atom is -0.305 e. The van der Waals surface area contributed by atoms with Gasteiger partial charge in [0.2, 0.25) is 0 Å². The van der Waals surface area contributed by atoms with Gasteiger partial charge in [0.05, 0.1) is 0 Å². The van der Waals surface area contributed by atoms with Crippen LogP contribution in [0.2, 0.25) is 17.3 Å². The summed E-state index contributed by atoms with van der Waals surface area (Å²) in [6.07, 6.45) is 5.01. The van der Waals surface area contributed by atoms with Gasteiger partial charge in [-0.1, -0.05) is 18.2 Å². The molecule has 6 heteroatoms. The molecule has 0 saturated carbocycles. The Morgan fingerprint density at radius 2 is 1.47 bits per heavy atom. The zero-order valence-electron chi connectivity index (χ0n) is 30.5. The number of para-hydroxylation sites is 3. The minimum atomic E-state index is -2.11. The number of furan rings is 1. The average Bonchev–Trinajstić information content (AvgIpc) is 3.82. The van der Waals surface area contributed by atoms with E-state index in [1.54, 1.807) is 6.20 Å². The smallest absolute Gasteiger partial charge is 0.0160 e. The molecule has 10 aromatic rings. The number of aromatic nitrogens is 3. The molecule has 5 aromatic heterocycles. The van der Waals surface area contributed by atoms with Gasteiger partial charge < -0.3 is 4.98 Å². The quantitative estimate of drug-likeness (QED) is 0.128. The zero-order chi connectivity index (χ0) is 35.6. The van der Waals surface area contributed by atoms with Crippen LogP contribution < -0.4 is 4.40 Å². The van der Waals surface area contributed by atoms with Crippen molar-refractivity contribution in [2.45, 2.75) is 37.5 Å².